The molecule has 0 spiro atoms. The van der Waals surface area contributed by atoms with Crippen LogP contribution in [0.2, 0.25) is 0 Å². The van der Waals surface area contributed by atoms with Crippen LogP contribution in [0, 0.1) is 5.92 Å². The second-order valence-corrected chi connectivity index (χ2v) is 10.3. The van der Waals surface area contributed by atoms with Crippen molar-refractivity contribution in [2.75, 3.05) is 0 Å². The van der Waals surface area contributed by atoms with Crippen molar-refractivity contribution in [3.05, 3.63) is 102 Å². The maximum atomic E-state index is 5.41. The molecule has 6 rings (SSSR count). The SMILES string of the molecule is CC(C)C1=Nc2ccccc2C1.CC(C)c1c[nH]c2ccccc12.CC(C)c1coc2ccccc12. The van der Waals surface area contributed by atoms with Gasteiger partial charge in [-0.2, -0.15) is 0 Å². The Labute approximate surface area is 215 Å². The fourth-order valence-electron chi connectivity index (χ4n) is 4.51. The van der Waals surface area contributed by atoms with Gasteiger partial charge in [-0.05, 0) is 47.1 Å². The van der Waals surface area contributed by atoms with Crippen LogP contribution in [0.1, 0.15) is 70.1 Å². The molecular weight excluding hydrogens is 440 g/mol. The summed E-state index contributed by atoms with van der Waals surface area (Å²) in [7, 11) is 0. The Kier molecular flexibility index (Phi) is 8.10. The monoisotopic (exact) mass is 478 g/mol. The van der Waals surface area contributed by atoms with Crippen molar-refractivity contribution in [3.8, 4) is 0 Å². The van der Waals surface area contributed by atoms with Gasteiger partial charge in [0, 0.05) is 40.2 Å². The van der Waals surface area contributed by atoms with Crippen LogP contribution in [-0.4, -0.2) is 10.7 Å². The number of benzene rings is 3. The lowest BCUT2D eigenvalue weighted by molar-refractivity contribution is 0.606. The summed E-state index contributed by atoms with van der Waals surface area (Å²) in [6.07, 6.45) is 5.01. The Bertz CT molecular complexity index is 1370. The molecule has 0 amide bonds. The van der Waals surface area contributed by atoms with Gasteiger partial charge in [-0.1, -0.05) is 96.1 Å². The lowest BCUT2D eigenvalue weighted by Crippen LogP contribution is -2.06. The Balaban J connectivity index is 0.000000127. The zero-order valence-corrected chi connectivity index (χ0v) is 22.4. The van der Waals surface area contributed by atoms with Gasteiger partial charge in [0.05, 0.1) is 12.0 Å². The van der Waals surface area contributed by atoms with E-state index in [1.165, 1.54) is 44.4 Å². The first-order valence-electron chi connectivity index (χ1n) is 13.0. The predicted molar refractivity (Wildman–Crippen MR) is 155 cm³/mol. The lowest BCUT2D eigenvalue weighted by Gasteiger charge is -2.01. The molecule has 36 heavy (non-hydrogen) atoms. The van der Waals surface area contributed by atoms with Crippen LogP contribution in [0.15, 0.2) is 94.7 Å². The highest BCUT2D eigenvalue weighted by Gasteiger charge is 2.15. The van der Waals surface area contributed by atoms with E-state index in [2.05, 4.69) is 106 Å². The average Bonchev–Trinajstić information content (AvgIpc) is 3.61. The molecule has 5 aromatic rings. The molecule has 0 bridgehead atoms. The number of hydrogen-bond donors (Lipinski definition) is 1. The standard InChI is InChI=1S/2C11H13N.C11H12O/c1-8(2)10-7-12-11-6-4-3-5-9(10)11;1-8(2)11-7-9-5-3-4-6-10(9)12-11;1-8(2)10-7-12-11-6-4-3-5-9(10)11/h3-8,12H,1-2H3;3-6,8H,7H2,1-2H3;3-8H,1-2H3. The third-order valence-corrected chi connectivity index (χ3v) is 6.67. The van der Waals surface area contributed by atoms with E-state index in [1.54, 1.807) is 0 Å². The minimum absolute atomic E-state index is 0.536. The second kappa shape index (κ2) is 11.4. The molecule has 2 aromatic heterocycles. The summed E-state index contributed by atoms with van der Waals surface area (Å²) in [5.41, 5.74) is 8.79. The van der Waals surface area contributed by atoms with E-state index in [9.17, 15) is 0 Å². The summed E-state index contributed by atoms with van der Waals surface area (Å²) in [6.45, 7) is 13.2. The summed E-state index contributed by atoms with van der Waals surface area (Å²) in [5.74, 6) is 1.72. The fraction of sp³-hybridized carbons (Fsp3) is 0.303. The molecule has 3 heterocycles. The Morgan fingerprint density at radius 3 is 2.03 bits per heavy atom. The van der Waals surface area contributed by atoms with E-state index < -0.39 is 0 Å². The summed E-state index contributed by atoms with van der Waals surface area (Å²) in [5, 5.41) is 2.60. The number of aromatic nitrogens is 1. The fourth-order valence-corrected chi connectivity index (χ4v) is 4.51. The van der Waals surface area contributed by atoms with Crippen molar-refractivity contribution in [3.63, 3.8) is 0 Å². The molecule has 0 atom stereocenters. The quantitative estimate of drug-likeness (QED) is 0.275. The smallest absolute Gasteiger partial charge is 0.134 e. The molecule has 0 aliphatic carbocycles. The third kappa shape index (κ3) is 5.79. The van der Waals surface area contributed by atoms with E-state index >= 15 is 0 Å². The highest BCUT2D eigenvalue weighted by atomic mass is 16.3. The predicted octanol–water partition coefficient (Wildman–Crippen LogP) is 9.82. The van der Waals surface area contributed by atoms with Crippen molar-refractivity contribution >= 4 is 33.3 Å². The minimum atomic E-state index is 0.536. The van der Waals surface area contributed by atoms with Crippen LogP contribution in [-0.2, 0) is 6.42 Å². The lowest BCUT2D eigenvalue weighted by atomic mass is 10.0. The number of nitrogens with one attached hydrogen (secondary N) is 1. The molecule has 0 saturated heterocycles. The van der Waals surface area contributed by atoms with Crippen LogP contribution in [0.3, 0.4) is 0 Å². The minimum Gasteiger partial charge on any atom is -0.464 e. The van der Waals surface area contributed by atoms with Gasteiger partial charge >= 0.3 is 0 Å². The molecule has 3 heteroatoms. The Morgan fingerprint density at radius 1 is 0.694 bits per heavy atom. The first kappa shape index (κ1) is 25.5. The number of para-hydroxylation sites is 3. The van der Waals surface area contributed by atoms with Gasteiger partial charge in [0.15, 0.2) is 0 Å². The van der Waals surface area contributed by atoms with E-state index in [0.717, 1.165) is 12.0 Å². The van der Waals surface area contributed by atoms with E-state index in [0.29, 0.717) is 17.8 Å². The van der Waals surface area contributed by atoms with Crippen molar-refractivity contribution in [1.82, 2.24) is 4.98 Å². The Hall–Kier alpha value is -3.59. The largest absolute Gasteiger partial charge is 0.464 e. The van der Waals surface area contributed by atoms with Crippen molar-refractivity contribution < 1.29 is 4.42 Å². The van der Waals surface area contributed by atoms with Gasteiger partial charge in [0.2, 0.25) is 0 Å². The van der Waals surface area contributed by atoms with Gasteiger partial charge in [-0.15, -0.1) is 0 Å². The van der Waals surface area contributed by atoms with E-state index in [4.69, 9.17) is 4.42 Å². The molecule has 0 saturated carbocycles. The average molecular weight is 479 g/mol. The van der Waals surface area contributed by atoms with Crippen LogP contribution in [0.4, 0.5) is 5.69 Å². The first-order chi connectivity index (χ1) is 17.3. The van der Waals surface area contributed by atoms with Crippen LogP contribution >= 0.6 is 0 Å². The van der Waals surface area contributed by atoms with Gasteiger partial charge in [0.25, 0.3) is 0 Å². The van der Waals surface area contributed by atoms with E-state index in [1.807, 2.05) is 30.5 Å². The zero-order chi connectivity index (χ0) is 25.7. The molecule has 3 aromatic carbocycles. The van der Waals surface area contributed by atoms with Gasteiger partial charge < -0.3 is 9.40 Å². The number of aromatic amines is 1. The van der Waals surface area contributed by atoms with Gasteiger partial charge in [0.1, 0.15) is 5.58 Å². The number of hydrogen-bond acceptors (Lipinski definition) is 2. The molecular formula is C33H38N2O. The number of furan rings is 1. The van der Waals surface area contributed by atoms with Gasteiger partial charge in [-0.25, -0.2) is 0 Å². The molecule has 3 nitrogen and oxygen atoms in total. The normalized spacial score (nSPS) is 12.4. The van der Waals surface area contributed by atoms with E-state index in [-0.39, 0.29) is 0 Å². The van der Waals surface area contributed by atoms with Crippen LogP contribution in [0.5, 0.6) is 0 Å². The number of fused-ring (bicyclic) bond motifs is 3. The summed E-state index contributed by atoms with van der Waals surface area (Å²) in [4.78, 5) is 7.84. The first-order valence-corrected chi connectivity index (χ1v) is 13.0. The Morgan fingerprint density at radius 2 is 1.33 bits per heavy atom. The molecule has 1 N–H and O–H groups in total. The third-order valence-electron chi connectivity index (χ3n) is 6.67. The number of rotatable bonds is 3. The number of nitrogens with zero attached hydrogens (tertiary/aromatic N) is 1. The molecule has 0 radical (unpaired) electrons. The van der Waals surface area contributed by atoms with Crippen LogP contribution in [0.25, 0.3) is 21.9 Å². The van der Waals surface area contributed by atoms with Crippen molar-refractivity contribution in [2.24, 2.45) is 10.9 Å². The molecule has 0 fully saturated rings. The summed E-state index contributed by atoms with van der Waals surface area (Å²) >= 11 is 0. The topological polar surface area (TPSA) is 41.3 Å². The molecule has 186 valence electrons. The van der Waals surface area contributed by atoms with Crippen LogP contribution < -0.4 is 0 Å². The van der Waals surface area contributed by atoms with Gasteiger partial charge in [-0.3, -0.25) is 4.99 Å². The second-order valence-electron chi connectivity index (χ2n) is 10.3. The molecule has 1 aliphatic heterocycles. The van der Waals surface area contributed by atoms with Crippen molar-refractivity contribution in [1.29, 1.82) is 0 Å². The highest BCUT2D eigenvalue weighted by Crippen LogP contribution is 2.28. The maximum Gasteiger partial charge on any atom is 0.134 e. The van der Waals surface area contributed by atoms with Crippen molar-refractivity contribution in [2.45, 2.75) is 59.8 Å². The number of aliphatic imine (C=N–C) groups is 1. The molecule has 0 unspecified atom stereocenters. The molecule has 1 aliphatic rings. The zero-order valence-electron chi connectivity index (χ0n) is 22.4. The number of H-pyrrole nitrogens is 1. The maximum absolute atomic E-state index is 5.41. The summed E-state index contributed by atoms with van der Waals surface area (Å²) in [6, 6.07) is 24.9. The highest BCUT2D eigenvalue weighted by molar-refractivity contribution is 5.95. The summed E-state index contributed by atoms with van der Waals surface area (Å²) < 4.78 is 5.41.